The number of fused-ring (bicyclic) bond motifs is 1. The van der Waals surface area contributed by atoms with Crippen molar-refractivity contribution in [1.29, 1.82) is 0 Å². The summed E-state index contributed by atoms with van der Waals surface area (Å²) in [6.07, 6.45) is 3.35. The van der Waals surface area contributed by atoms with E-state index in [0.29, 0.717) is 6.42 Å². The van der Waals surface area contributed by atoms with Gasteiger partial charge in [-0.1, -0.05) is 38.1 Å². The van der Waals surface area contributed by atoms with Crippen molar-refractivity contribution in [3.63, 3.8) is 0 Å². The molecule has 0 fully saturated rings. The van der Waals surface area contributed by atoms with Crippen LogP contribution in [0.15, 0.2) is 24.3 Å². The van der Waals surface area contributed by atoms with Crippen LogP contribution in [0.3, 0.4) is 0 Å². The second-order valence-corrected chi connectivity index (χ2v) is 8.56. The van der Waals surface area contributed by atoms with Crippen LogP contribution in [-0.2, 0) is 16.3 Å². The van der Waals surface area contributed by atoms with Crippen molar-refractivity contribution in [2.45, 2.75) is 63.0 Å². The van der Waals surface area contributed by atoms with Crippen LogP contribution in [0.1, 0.15) is 57.2 Å². The molecule has 0 saturated heterocycles. The summed E-state index contributed by atoms with van der Waals surface area (Å²) in [5, 5.41) is 2.86. The quantitative estimate of drug-likeness (QED) is 0.849. The molecule has 1 N–H and O–H groups in total. The number of hydrogen-bond donors (Lipinski definition) is 1. The molecule has 1 aliphatic rings. The summed E-state index contributed by atoms with van der Waals surface area (Å²) < 4.78 is 25.8. The number of nitrogens with one attached hydrogen (secondary N) is 1. The lowest BCUT2D eigenvalue weighted by atomic mass is 9.99. The Morgan fingerprint density at radius 1 is 1.29 bits per heavy atom. The van der Waals surface area contributed by atoms with E-state index in [9.17, 15) is 8.42 Å². The Morgan fingerprint density at radius 2 is 2.00 bits per heavy atom. The lowest BCUT2D eigenvalue weighted by Crippen LogP contribution is -2.40. The molecule has 0 aliphatic heterocycles. The van der Waals surface area contributed by atoms with E-state index >= 15 is 0 Å². The first kappa shape index (κ1) is 16.5. The van der Waals surface area contributed by atoms with Gasteiger partial charge in [0, 0.05) is 6.04 Å². The Bertz CT molecular complexity index is 568. The normalized spacial score (nSPS) is 24.1. The molecule has 0 saturated carbocycles. The van der Waals surface area contributed by atoms with Crippen LogP contribution in [0, 0.1) is 0 Å². The number of aryl methyl sites for hydroxylation is 1. The molecule has 1 aromatic rings. The Hall–Kier alpha value is -0.870. The molecule has 3 atom stereocenters. The van der Waals surface area contributed by atoms with Crippen molar-refractivity contribution in [1.82, 2.24) is 5.32 Å². The molecule has 118 valence electrons. The second kappa shape index (κ2) is 6.93. The van der Waals surface area contributed by atoms with Crippen LogP contribution < -0.4 is 5.32 Å². The van der Waals surface area contributed by atoms with Crippen molar-refractivity contribution in [2.24, 2.45) is 0 Å². The average Bonchev–Trinajstić information content (AvgIpc) is 2.67. The number of hydrogen-bond acceptors (Lipinski definition) is 3. The van der Waals surface area contributed by atoms with Gasteiger partial charge >= 0.3 is 0 Å². The molecular formula is C17H27NO2S. The lowest BCUT2D eigenvalue weighted by molar-refractivity contribution is 0.476. The molecule has 2 rings (SSSR count). The van der Waals surface area contributed by atoms with Crippen LogP contribution in [0.25, 0.3) is 0 Å². The topological polar surface area (TPSA) is 46.2 Å². The minimum absolute atomic E-state index is 0.0762. The van der Waals surface area contributed by atoms with Gasteiger partial charge in [0.05, 0.1) is 10.5 Å². The van der Waals surface area contributed by atoms with E-state index in [-0.39, 0.29) is 16.5 Å². The minimum atomic E-state index is -3.11. The maximum Gasteiger partial charge on any atom is 0.157 e. The molecule has 3 nitrogen and oxygen atoms in total. The summed E-state index contributed by atoms with van der Waals surface area (Å²) in [6.45, 7) is 6.62. The standard InChI is InChI=1S/C17H27NO2S/c1-4-13(3)21(19,20)16-12-8-10-14-9-6-7-11-15(14)17(16)18-5-2/h6-7,9,11,13,16-18H,4-5,8,10,12H2,1-3H3. The molecule has 0 radical (unpaired) electrons. The Kier molecular flexibility index (Phi) is 5.44. The third kappa shape index (κ3) is 3.32. The van der Waals surface area contributed by atoms with Gasteiger partial charge in [-0.2, -0.15) is 0 Å². The summed E-state index contributed by atoms with van der Waals surface area (Å²) in [6, 6.07) is 8.21. The van der Waals surface area contributed by atoms with E-state index in [1.165, 1.54) is 11.1 Å². The van der Waals surface area contributed by atoms with Crippen LogP contribution >= 0.6 is 0 Å². The summed E-state index contributed by atoms with van der Waals surface area (Å²) in [4.78, 5) is 0. The average molecular weight is 309 g/mol. The third-order valence-electron chi connectivity index (χ3n) is 4.68. The second-order valence-electron chi connectivity index (χ2n) is 5.97. The number of sulfone groups is 1. The zero-order valence-electron chi connectivity index (χ0n) is 13.3. The third-order valence-corrected chi connectivity index (χ3v) is 7.49. The largest absolute Gasteiger partial charge is 0.309 e. The Labute approximate surface area is 129 Å². The molecule has 3 unspecified atom stereocenters. The Balaban J connectivity index is 2.46. The predicted molar refractivity (Wildman–Crippen MR) is 88.3 cm³/mol. The zero-order chi connectivity index (χ0) is 15.5. The van der Waals surface area contributed by atoms with Gasteiger partial charge < -0.3 is 5.32 Å². The monoisotopic (exact) mass is 309 g/mol. The molecule has 4 heteroatoms. The van der Waals surface area contributed by atoms with Crippen molar-refractivity contribution in [2.75, 3.05) is 6.54 Å². The van der Waals surface area contributed by atoms with Gasteiger partial charge in [0.1, 0.15) is 0 Å². The van der Waals surface area contributed by atoms with Crippen LogP contribution in [0.2, 0.25) is 0 Å². The van der Waals surface area contributed by atoms with Crippen LogP contribution in [-0.4, -0.2) is 25.5 Å². The van der Waals surface area contributed by atoms with Crippen molar-refractivity contribution < 1.29 is 8.42 Å². The summed E-state index contributed by atoms with van der Waals surface area (Å²) in [7, 11) is -3.11. The van der Waals surface area contributed by atoms with Gasteiger partial charge in [-0.3, -0.25) is 0 Å². The highest BCUT2D eigenvalue weighted by Gasteiger charge is 2.38. The highest BCUT2D eigenvalue weighted by Crippen LogP contribution is 2.34. The summed E-state index contributed by atoms with van der Waals surface area (Å²) >= 11 is 0. The fourth-order valence-electron chi connectivity index (χ4n) is 3.27. The highest BCUT2D eigenvalue weighted by molar-refractivity contribution is 7.92. The first-order valence-corrected chi connectivity index (χ1v) is 9.67. The lowest BCUT2D eigenvalue weighted by Gasteiger charge is -2.29. The highest BCUT2D eigenvalue weighted by atomic mass is 32.2. The van der Waals surface area contributed by atoms with Gasteiger partial charge in [-0.25, -0.2) is 8.42 Å². The van der Waals surface area contributed by atoms with Crippen LogP contribution in [0.4, 0.5) is 0 Å². The fourth-order valence-corrected chi connectivity index (χ4v) is 5.45. The summed E-state index contributed by atoms with van der Waals surface area (Å²) in [5.41, 5.74) is 2.47. The zero-order valence-corrected chi connectivity index (χ0v) is 14.1. The van der Waals surface area contributed by atoms with E-state index in [2.05, 4.69) is 17.4 Å². The van der Waals surface area contributed by atoms with E-state index in [4.69, 9.17) is 0 Å². The van der Waals surface area contributed by atoms with Crippen molar-refractivity contribution >= 4 is 9.84 Å². The molecule has 1 aliphatic carbocycles. The summed E-state index contributed by atoms with van der Waals surface area (Å²) in [5.74, 6) is 0. The van der Waals surface area contributed by atoms with Gasteiger partial charge in [0.25, 0.3) is 0 Å². The number of benzene rings is 1. The molecule has 0 aromatic heterocycles. The fraction of sp³-hybridized carbons (Fsp3) is 0.647. The van der Waals surface area contributed by atoms with Gasteiger partial charge in [0.15, 0.2) is 9.84 Å². The van der Waals surface area contributed by atoms with Gasteiger partial charge in [0.2, 0.25) is 0 Å². The predicted octanol–water partition coefficient (Wildman–Crippen LogP) is 3.26. The van der Waals surface area contributed by atoms with E-state index in [1.807, 2.05) is 32.9 Å². The molecule has 0 spiro atoms. The Morgan fingerprint density at radius 3 is 2.67 bits per heavy atom. The molecule has 1 aromatic carbocycles. The molecule has 21 heavy (non-hydrogen) atoms. The smallest absolute Gasteiger partial charge is 0.157 e. The molecule has 0 amide bonds. The maximum absolute atomic E-state index is 12.9. The van der Waals surface area contributed by atoms with Gasteiger partial charge in [-0.15, -0.1) is 0 Å². The molecule has 0 heterocycles. The maximum atomic E-state index is 12.9. The SMILES string of the molecule is CCNC1c2ccccc2CCCC1S(=O)(=O)C(C)CC. The molecular weight excluding hydrogens is 282 g/mol. The van der Waals surface area contributed by atoms with E-state index < -0.39 is 9.84 Å². The first-order valence-electron chi connectivity index (χ1n) is 8.06. The van der Waals surface area contributed by atoms with E-state index in [1.54, 1.807) is 0 Å². The van der Waals surface area contributed by atoms with Crippen molar-refractivity contribution in [3.05, 3.63) is 35.4 Å². The molecule has 0 bridgehead atoms. The van der Waals surface area contributed by atoms with Crippen molar-refractivity contribution in [3.8, 4) is 0 Å². The minimum Gasteiger partial charge on any atom is -0.309 e. The van der Waals surface area contributed by atoms with Gasteiger partial charge in [-0.05, 0) is 50.3 Å². The van der Waals surface area contributed by atoms with E-state index in [0.717, 1.165) is 25.8 Å². The number of rotatable bonds is 5. The first-order chi connectivity index (χ1) is 10.0. The van der Waals surface area contributed by atoms with Crippen LogP contribution in [0.5, 0.6) is 0 Å².